The number of rotatable bonds is 3. The molecule has 30 heavy (non-hydrogen) atoms. The van der Waals surface area contributed by atoms with Gasteiger partial charge in [-0.15, -0.1) is 0 Å². The molecule has 1 aromatic carbocycles. The summed E-state index contributed by atoms with van der Waals surface area (Å²) in [6.07, 6.45) is -1.29. The maximum atomic E-state index is 13.7. The van der Waals surface area contributed by atoms with E-state index in [1.165, 1.54) is 12.5 Å². The molecule has 0 saturated heterocycles. The van der Waals surface area contributed by atoms with E-state index < -0.39 is 17.6 Å². The summed E-state index contributed by atoms with van der Waals surface area (Å²) in [5.41, 5.74) is 1.74. The SMILES string of the molecule is C[C@@H]1Cc2c(ccnc2-c2cc(Cc3cc(F)cc(C(F)(F)F)c3)ncn2)C(=O)N1. The van der Waals surface area contributed by atoms with E-state index in [0.717, 1.165) is 17.7 Å². The van der Waals surface area contributed by atoms with Crippen molar-refractivity contribution >= 4 is 5.91 Å². The van der Waals surface area contributed by atoms with Crippen molar-refractivity contribution in [2.75, 3.05) is 0 Å². The van der Waals surface area contributed by atoms with Gasteiger partial charge in [0.25, 0.3) is 5.91 Å². The number of halogens is 4. The van der Waals surface area contributed by atoms with Crippen LogP contribution in [0.15, 0.2) is 42.9 Å². The van der Waals surface area contributed by atoms with Crippen molar-refractivity contribution < 1.29 is 22.4 Å². The van der Waals surface area contributed by atoms with E-state index in [-0.39, 0.29) is 23.9 Å². The Bertz CT molecular complexity index is 1130. The predicted octanol–water partition coefficient (Wildman–Crippen LogP) is 3.96. The van der Waals surface area contributed by atoms with E-state index in [2.05, 4.69) is 20.3 Å². The Morgan fingerprint density at radius 3 is 2.70 bits per heavy atom. The molecule has 0 bridgehead atoms. The fourth-order valence-electron chi connectivity index (χ4n) is 3.54. The minimum absolute atomic E-state index is 0.0116. The lowest BCUT2D eigenvalue weighted by atomic mass is 9.93. The highest BCUT2D eigenvalue weighted by Gasteiger charge is 2.31. The van der Waals surface area contributed by atoms with Gasteiger partial charge in [0, 0.05) is 29.9 Å². The number of hydrogen-bond donors (Lipinski definition) is 1. The molecule has 4 rings (SSSR count). The van der Waals surface area contributed by atoms with Crippen LogP contribution in [0.2, 0.25) is 0 Å². The molecule has 0 fully saturated rings. The van der Waals surface area contributed by atoms with Gasteiger partial charge in [-0.3, -0.25) is 9.78 Å². The largest absolute Gasteiger partial charge is 0.416 e. The van der Waals surface area contributed by atoms with E-state index in [1.54, 1.807) is 12.1 Å². The molecule has 5 nitrogen and oxygen atoms in total. The number of carbonyl (C=O) groups is 1. The summed E-state index contributed by atoms with van der Waals surface area (Å²) in [5, 5.41) is 2.85. The fourth-order valence-corrected chi connectivity index (χ4v) is 3.54. The Labute approximate surface area is 169 Å². The van der Waals surface area contributed by atoms with Crippen LogP contribution in [0.3, 0.4) is 0 Å². The summed E-state index contributed by atoms with van der Waals surface area (Å²) in [5.74, 6) is -1.16. The van der Waals surface area contributed by atoms with Crippen molar-refractivity contribution in [2.45, 2.75) is 32.0 Å². The molecule has 0 unspecified atom stereocenters. The highest BCUT2D eigenvalue weighted by atomic mass is 19.4. The van der Waals surface area contributed by atoms with E-state index in [4.69, 9.17) is 0 Å². The molecule has 0 aliphatic carbocycles. The fraction of sp³-hybridized carbons (Fsp3) is 0.238. The molecule has 1 N–H and O–H groups in total. The third-order valence-electron chi connectivity index (χ3n) is 4.82. The number of nitrogens with zero attached hydrogens (tertiary/aromatic N) is 3. The lowest BCUT2D eigenvalue weighted by Gasteiger charge is -2.24. The number of amides is 1. The lowest BCUT2D eigenvalue weighted by Crippen LogP contribution is -2.39. The summed E-state index contributed by atoms with van der Waals surface area (Å²) in [6, 6.07) is 5.57. The lowest BCUT2D eigenvalue weighted by molar-refractivity contribution is -0.137. The van der Waals surface area contributed by atoms with Crippen molar-refractivity contribution in [3.05, 3.63) is 76.6 Å². The van der Waals surface area contributed by atoms with E-state index in [0.29, 0.717) is 35.1 Å². The van der Waals surface area contributed by atoms with E-state index in [9.17, 15) is 22.4 Å². The standard InChI is InChI=1S/C21H16F4N4O/c1-11-4-17-16(20(30)29-11)2-3-26-19(17)18-9-15(27-10-28-18)7-12-5-13(21(23,24)25)8-14(22)6-12/h2-3,5-6,8-11H,4,7H2,1H3,(H,29,30)/t11-/m1/s1. The van der Waals surface area contributed by atoms with Gasteiger partial charge in [0.15, 0.2) is 0 Å². The molecular formula is C21H16F4N4O. The summed E-state index contributed by atoms with van der Waals surface area (Å²) in [7, 11) is 0. The minimum Gasteiger partial charge on any atom is -0.349 e. The smallest absolute Gasteiger partial charge is 0.349 e. The Balaban J connectivity index is 1.70. The molecule has 1 atom stereocenters. The first kappa shape index (κ1) is 19.9. The molecule has 1 amide bonds. The monoisotopic (exact) mass is 416 g/mol. The van der Waals surface area contributed by atoms with Crippen LogP contribution < -0.4 is 5.32 Å². The number of pyridine rings is 1. The van der Waals surface area contributed by atoms with Crippen molar-refractivity contribution in [3.8, 4) is 11.4 Å². The Hall–Kier alpha value is -3.36. The second kappa shape index (κ2) is 7.47. The van der Waals surface area contributed by atoms with Crippen molar-refractivity contribution in [1.82, 2.24) is 20.3 Å². The van der Waals surface area contributed by atoms with Crippen LogP contribution >= 0.6 is 0 Å². The molecule has 1 aliphatic heterocycles. The van der Waals surface area contributed by atoms with Crippen molar-refractivity contribution in [2.24, 2.45) is 0 Å². The molecular weight excluding hydrogens is 400 g/mol. The molecule has 1 aliphatic rings. The van der Waals surface area contributed by atoms with Crippen LogP contribution in [0, 0.1) is 5.82 Å². The van der Waals surface area contributed by atoms with Crippen LogP contribution in [0.4, 0.5) is 17.6 Å². The van der Waals surface area contributed by atoms with Gasteiger partial charge in [-0.25, -0.2) is 14.4 Å². The Morgan fingerprint density at radius 2 is 1.93 bits per heavy atom. The van der Waals surface area contributed by atoms with Gasteiger partial charge in [-0.1, -0.05) is 0 Å². The van der Waals surface area contributed by atoms with Crippen LogP contribution in [-0.2, 0) is 19.0 Å². The molecule has 0 radical (unpaired) electrons. The first-order valence-electron chi connectivity index (χ1n) is 9.17. The molecule has 0 spiro atoms. The second-order valence-corrected chi connectivity index (χ2v) is 7.18. The Morgan fingerprint density at radius 1 is 1.13 bits per heavy atom. The highest BCUT2D eigenvalue weighted by Crippen LogP contribution is 2.31. The number of alkyl halides is 3. The Kier molecular flexibility index (Phi) is 4.97. The maximum absolute atomic E-state index is 13.7. The van der Waals surface area contributed by atoms with Crippen LogP contribution in [0.5, 0.6) is 0 Å². The molecule has 3 heterocycles. The minimum atomic E-state index is -4.64. The third kappa shape index (κ3) is 4.00. The van der Waals surface area contributed by atoms with Crippen LogP contribution in [-0.4, -0.2) is 26.9 Å². The highest BCUT2D eigenvalue weighted by molar-refractivity contribution is 5.98. The van der Waals surface area contributed by atoms with Crippen LogP contribution in [0.25, 0.3) is 11.4 Å². The van der Waals surface area contributed by atoms with Crippen molar-refractivity contribution in [1.29, 1.82) is 0 Å². The van der Waals surface area contributed by atoms with Gasteiger partial charge in [0.05, 0.1) is 17.0 Å². The third-order valence-corrected chi connectivity index (χ3v) is 4.82. The van der Waals surface area contributed by atoms with Gasteiger partial charge < -0.3 is 5.32 Å². The number of aromatic nitrogens is 3. The zero-order chi connectivity index (χ0) is 21.5. The molecule has 154 valence electrons. The topological polar surface area (TPSA) is 67.8 Å². The van der Waals surface area contributed by atoms with Crippen molar-refractivity contribution in [3.63, 3.8) is 0 Å². The summed E-state index contributed by atoms with van der Waals surface area (Å²) >= 11 is 0. The number of benzene rings is 1. The number of fused-ring (bicyclic) bond motifs is 1. The first-order valence-corrected chi connectivity index (χ1v) is 9.17. The number of nitrogens with one attached hydrogen (secondary N) is 1. The van der Waals surface area contributed by atoms with Gasteiger partial charge in [-0.2, -0.15) is 13.2 Å². The zero-order valence-electron chi connectivity index (χ0n) is 15.8. The first-order chi connectivity index (χ1) is 14.2. The number of hydrogen-bond acceptors (Lipinski definition) is 4. The van der Waals surface area contributed by atoms with E-state index >= 15 is 0 Å². The molecule has 9 heteroatoms. The second-order valence-electron chi connectivity index (χ2n) is 7.18. The van der Waals surface area contributed by atoms with E-state index in [1.807, 2.05) is 6.92 Å². The van der Waals surface area contributed by atoms with Gasteiger partial charge in [0.2, 0.25) is 0 Å². The normalized spacial score (nSPS) is 16.2. The quantitative estimate of drug-likeness (QED) is 0.657. The molecule has 0 saturated carbocycles. The number of carbonyl (C=O) groups excluding carboxylic acids is 1. The van der Waals surface area contributed by atoms with Gasteiger partial charge in [-0.05, 0) is 54.8 Å². The molecule has 2 aromatic heterocycles. The average molecular weight is 416 g/mol. The molecule has 3 aromatic rings. The predicted molar refractivity (Wildman–Crippen MR) is 100 cm³/mol. The van der Waals surface area contributed by atoms with Crippen LogP contribution in [0.1, 0.15) is 39.7 Å². The van der Waals surface area contributed by atoms with Gasteiger partial charge >= 0.3 is 6.18 Å². The van der Waals surface area contributed by atoms with Gasteiger partial charge in [0.1, 0.15) is 12.1 Å². The average Bonchev–Trinajstić information content (AvgIpc) is 2.66. The summed E-state index contributed by atoms with van der Waals surface area (Å²) in [4.78, 5) is 24.9. The summed E-state index contributed by atoms with van der Waals surface area (Å²) < 4.78 is 52.6. The maximum Gasteiger partial charge on any atom is 0.416 e. The summed E-state index contributed by atoms with van der Waals surface area (Å²) in [6.45, 7) is 1.88. The zero-order valence-corrected chi connectivity index (χ0v) is 15.8.